The van der Waals surface area contributed by atoms with Gasteiger partial charge in [0.05, 0.1) is 29.6 Å². The molecule has 3 rings (SSSR count). The molecule has 14 heteroatoms. The van der Waals surface area contributed by atoms with E-state index in [1.807, 2.05) is 32.6 Å². The van der Waals surface area contributed by atoms with Crippen LogP contribution in [0.15, 0.2) is 46.6 Å². The van der Waals surface area contributed by atoms with Crippen LogP contribution < -0.4 is 5.32 Å². The molecule has 0 aliphatic carbocycles. The van der Waals surface area contributed by atoms with Gasteiger partial charge in [-0.15, -0.1) is 0 Å². The first-order valence-corrected chi connectivity index (χ1v) is 18.4. The van der Waals surface area contributed by atoms with Gasteiger partial charge >= 0.3 is 5.97 Å². The maximum Gasteiger partial charge on any atom is 0.330 e. The fraction of sp³-hybridized carbons (Fsp3) is 0.647. The Morgan fingerprint density at radius 3 is 2.52 bits per heavy atom. The molecule has 0 aromatic carbocycles. The first kappa shape index (κ1) is 39.1. The second-order valence-corrected chi connectivity index (χ2v) is 15.2. The molecule has 13 nitrogen and oxygen atoms in total. The van der Waals surface area contributed by atoms with Gasteiger partial charge in [-0.05, 0) is 38.4 Å². The standard InChI is InChI=1S/C34H52N4O9S/c1-7-37(8-2)16-17-48(44,45)28-13-15-38-31(28)34(43)47-32(22(3)4)24(6)11-12-29(41)35-14-9-10-23(5)18-25(39)19-26(40)20-30-36-27(21-46-30)33(38)42/h9-12,18,21-22,24-26,28,31-32,39-40H,7-8,13-17,19-20H2,1-6H3,(H,35,41)/b10-9+,12-11+,23-18+/t24-,25-,26+,28-,31-,32-/m1/s1. The number of aromatic nitrogens is 1. The third-order valence-electron chi connectivity index (χ3n) is 8.80. The first-order valence-electron chi connectivity index (χ1n) is 16.7. The number of aliphatic hydroxyl groups is 2. The third-order valence-corrected chi connectivity index (χ3v) is 11.0. The topological polar surface area (TPSA) is 180 Å². The summed E-state index contributed by atoms with van der Waals surface area (Å²) in [6, 6.07) is -1.43. The number of carbonyl (C=O) groups excluding carboxylic acids is 3. The summed E-state index contributed by atoms with van der Waals surface area (Å²) in [4.78, 5) is 47.7. The van der Waals surface area contributed by atoms with Crippen molar-refractivity contribution < 1.29 is 42.2 Å². The summed E-state index contributed by atoms with van der Waals surface area (Å²) in [5.41, 5.74) is 0.587. The molecule has 268 valence electrons. The molecule has 0 radical (unpaired) electrons. The highest BCUT2D eigenvalue weighted by atomic mass is 32.2. The molecular formula is C34H52N4O9S. The van der Waals surface area contributed by atoms with Gasteiger partial charge in [0.15, 0.2) is 21.4 Å². The second-order valence-electron chi connectivity index (χ2n) is 12.9. The highest BCUT2D eigenvalue weighted by molar-refractivity contribution is 7.92. The molecule has 0 spiro atoms. The molecule has 2 aliphatic heterocycles. The second kappa shape index (κ2) is 17.9. The van der Waals surface area contributed by atoms with Crippen LogP contribution in [0.1, 0.15) is 70.8 Å². The van der Waals surface area contributed by atoms with Crippen molar-refractivity contribution in [2.24, 2.45) is 11.8 Å². The van der Waals surface area contributed by atoms with Crippen LogP contribution in [0.5, 0.6) is 0 Å². The quantitative estimate of drug-likeness (QED) is 0.356. The van der Waals surface area contributed by atoms with Crippen molar-refractivity contribution in [3.8, 4) is 0 Å². The number of nitrogens with zero attached hydrogens (tertiary/aromatic N) is 3. The summed E-state index contributed by atoms with van der Waals surface area (Å²) in [5, 5.41) is 22.6. The third kappa shape index (κ3) is 10.8. The SMILES string of the molecule is CCN(CC)CCS(=O)(=O)[C@@H]1CCN2C(=O)c3coc(n3)C[C@@H](O)C[C@H](O)/C=C(C)/C=C/CNC(=O)/C=C/[C@@H](C)[C@@H](C(C)C)OC(=O)[C@@H]12. The molecule has 2 aliphatic rings. The number of hydrogen-bond acceptors (Lipinski definition) is 11. The van der Waals surface area contributed by atoms with Gasteiger partial charge in [0.1, 0.15) is 18.4 Å². The van der Waals surface area contributed by atoms with Crippen LogP contribution in [0, 0.1) is 11.8 Å². The van der Waals surface area contributed by atoms with Gasteiger partial charge in [-0.3, -0.25) is 9.59 Å². The highest BCUT2D eigenvalue weighted by Gasteiger charge is 2.50. The van der Waals surface area contributed by atoms with E-state index < -0.39 is 57.2 Å². The lowest BCUT2D eigenvalue weighted by Gasteiger charge is -2.31. The molecular weight excluding hydrogens is 640 g/mol. The van der Waals surface area contributed by atoms with Gasteiger partial charge in [-0.25, -0.2) is 18.2 Å². The van der Waals surface area contributed by atoms with Gasteiger partial charge in [-0.2, -0.15) is 0 Å². The molecule has 48 heavy (non-hydrogen) atoms. The van der Waals surface area contributed by atoms with Crippen molar-refractivity contribution in [3.05, 3.63) is 53.8 Å². The number of amides is 2. The van der Waals surface area contributed by atoms with E-state index in [1.165, 1.54) is 11.0 Å². The van der Waals surface area contributed by atoms with Crippen LogP contribution in [-0.4, -0.2) is 119 Å². The number of esters is 1. The van der Waals surface area contributed by atoms with Gasteiger partial charge in [-0.1, -0.05) is 64.5 Å². The average molecular weight is 693 g/mol. The number of nitrogens with one attached hydrogen (secondary N) is 1. The van der Waals surface area contributed by atoms with E-state index in [4.69, 9.17) is 9.15 Å². The van der Waals surface area contributed by atoms with Crippen LogP contribution >= 0.6 is 0 Å². The molecule has 2 amide bonds. The maximum atomic E-state index is 14.0. The number of ether oxygens (including phenoxy) is 1. The molecule has 1 aromatic heterocycles. The lowest BCUT2D eigenvalue weighted by Crippen LogP contribution is -2.50. The fourth-order valence-corrected chi connectivity index (χ4v) is 8.03. The van der Waals surface area contributed by atoms with E-state index in [1.54, 1.807) is 38.2 Å². The zero-order valence-electron chi connectivity index (χ0n) is 28.9. The van der Waals surface area contributed by atoms with Crippen molar-refractivity contribution in [2.75, 3.05) is 38.5 Å². The zero-order valence-corrected chi connectivity index (χ0v) is 29.7. The number of carbonyl (C=O) groups is 3. The Hall–Kier alpha value is -3.33. The van der Waals surface area contributed by atoms with E-state index in [-0.39, 0.29) is 68.1 Å². The Balaban J connectivity index is 2.00. The van der Waals surface area contributed by atoms with Crippen LogP contribution in [0.2, 0.25) is 0 Å². The van der Waals surface area contributed by atoms with E-state index in [0.29, 0.717) is 13.1 Å². The van der Waals surface area contributed by atoms with Crippen molar-refractivity contribution >= 4 is 27.6 Å². The van der Waals surface area contributed by atoms with E-state index in [0.717, 1.165) is 11.8 Å². The molecule has 3 N–H and O–H groups in total. The predicted octanol–water partition coefficient (Wildman–Crippen LogP) is 2.06. The van der Waals surface area contributed by atoms with E-state index in [9.17, 15) is 33.0 Å². The largest absolute Gasteiger partial charge is 0.460 e. The monoisotopic (exact) mass is 692 g/mol. The molecule has 0 saturated carbocycles. The fourth-order valence-electron chi connectivity index (χ4n) is 6.10. The Labute approximate surface area is 284 Å². The Morgan fingerprint density at radius 1 is 1.15 bits per heavy atom. The summed E-state index contributed by atoms with van der Waals surface area (Å²) >= 11 is 0. The Morgan fingerprint density at radius 2 is 1.85 bits per heavy atom. The molecule has 6 atom stereocenters. The van der Waals surface area contributed by atoms with Crippen LogP contribution in [-0.2, 0) is 30.6 Å². The predicted molar refractivity (Wildman–Crippen MR) is 181 cm³/mol. The molecule has 3 heterocycles. The number of allylic oxidation sites excluding steroid dienone is 2. The number of oxazole rings is 1. The van der Waals surface area contributed by atoms with Crippen molar-refractivity contribution in [1.82, 2.24) is 20.1 Å². The molecule has 1 saturated heterocycles. The van der Waals surface area contributed by atoms with Crippen LogP contribution in [0.4, 0.5) is 0 Å². The van der Waals surface area contributed by atoms with Gasteiger partial charge < -0.3 is 34.5 Å². The lowest BCUT2D eigenvalue weighted by molar-refractivity contribution is -0.157. The zero-order chi connectivity index (χ0) is 35.6. The first-order chi connectivity index (χ1) is 22.7. The highest BCUT2D eigenvalue weighted by Crippen LogP contribution is 2.30. The minimum absolute atomic E-state index is 0.0214. The Kier molecular flexibility index (Phi) is 14.6. The van der Waals surface area contributed by atoms with Crippen LogP contribution in [0.25, 0.3) is 0 Å². The normalized spacial score (nSPS) is 29.6. The average Bonchev–Trinajstić information content (AvgIpc) is 3.68. The summed E-state index contributed by atoms with van der Waals surface area (Å²) < 4.78 is 39.0. The van der Waals surface area contributed by atoms with E-state index >= 15 is 0 Å². The number of cyclic esters (lactones) is 1. The van der Waals surface area contributed by atoms with Crippen molar-refractivity contribution in [2.45, 2.75) is 90.4 Å². The van der Waals surface area contributed by atoms with Crippen molar-refractivity contribution in [1.29, 1.82) is 0 Å². The van der Waals surface area contributed by atoms with Gasteiger partial charge in [0.2, 0.25) is 5.91 Å². The lowest BCUT2D eigenvalue weighted by atomic mass is 9.94. The molecule has 2 bridgehead atoms. The van der Waals surface area contributed by atoms with Crippen LogP contribution in [0.3, 0.4) is 0 Å². The molecule has 1 aromatic rings. The number of hydrogen-bond donors (Lipinski definition) is 3. The summed E-state index contributed by atoms with van der Waals surface area (Å²) in [5.74, 6) is -2.66. The molecule has 0 unspecified atom stereocenters. The summed E-state index contributed by atoms with van der Waals surface area (Å²) in [6.45, 7) is 13.0. The molecule has 1 fully saturated rings. The van der Waals surface area contributed by atoms with Crippen molar-refractivity contribution in [3.63, 3.8) is 0 Å². The Bertz CT molecular complexity index is 1450. The summed E-state index contributed by atoms with van der Waals surface area (Å²) in [6.07, 6.45) is 6.32. The maximum absolute atomic E-state index is 14.0. The number of rotatable bonds is 7. The number of fused-ring (bicyclic) bond motifs is 3. The van der Waals surface area contributed by atoms with Gasteiger partial charge in [0, 0.05) is 32.0 Å². The van der Waals surface area contributed by atoms with E-state index in [2.05, 4.69) is 10.3 Å². The minimum atomic E-state index is -3.86. The number of sulfone groups is 1. The minimum Gasteiger partial charge on any atom is -0.460 e. The van der Waals surface area contributed by atoms with Gasteiger partial charge in [0.25, 0.3) is 5.91 Å². The summed E-state index contributed by atoms with van der Waals surface area (Å²) in [7, 11) is -3.86. The smallest absolute Gasteiger partial charge is 0.330 e. The number of aliphatic hydroxyl groups excluding tert-OH is 2.